The van der Waals surface area contributed by atoms with Crippen molar-refractivity contribution < 1.29 is 22.8 Å². The summed E-state index contributed by atoms with van der Waals surface area (Å²) in [4.78, 5) is 27.6. The van der Waals surface area contributed by atoms with Crippen molar-refractivity contribution in [2.45, 2.75) is 31.9 Å². The molecule has 0 atom stereocenters. The first-order valence-electron chi connectivity index (χ1n) is 8.81. The van der Waals surface area contributed by atoms with Gasteiger partial charge in [-0.2, -0.15) is 13.2 Å². The van der Waals surface area contributed by atoms with E-state index in [0.29, 0.717) is 44.9 Å². The average Bonchev–Trinajstić information content (AvgIpc) is 3.06. The SMILES string of the molecule is NCC1CCN(C(=O)c2cc(N3CCCC3=O)cc(C(F)(F)F)c2)CC1. The third kappa shape index (κ3) is 3.85. The van der Waals surface area contributed by atoms with Crippen molar-refractivity contribution in [1.82, 2.24) is 4.90 Å². The smallest absolute Gasteiger partial charge is 0.339 e. The number of nitrogens with two attached hydrogens (primary N) is 1. The molecule has 0 radical (unpaired) electrons. The van der Waals surface area contributed by atoms with Crippen LogP contribution in [0.15, 0.2) is 18.2 Å². The van der Waals surface area contributed by atoms with Crippen molar-refractivity contribution in [3.8, 4) is 0 Å². The number of carbonyl (C=O) groups is 2. The molecule has 0 bridgehead atoms. The summed E-state index contributed by atoms with van der Waals surface area (Å²) >= 11 is 0. The molecular weight excluding hydrogens is 347 g/mol. The lowest BCUT2D eigenvalue weighted by atomic mass is 9.96. The zero-order valence-electron chi connectivity index (χ0n) is 14.4. The quantitative estimate of drug-likeness (QED) is 0.891. The van der Waals surface area contributed by atoms with E-state index >= 15 is 0 Å². The minimum absolute atomic E-state index is 0.0271. The fourth-order valence-electron chi connectivity index (χ4n) is 3.53. The fraction of sp³-hybridized carbons (Fsp3) is 0.556. The van der Waals surface area contributed by atoms with Gasteiger partial charge in [0, 0.05) is 37.3 Å². The number of nitrogens with zero attached hydrogens (tertiary/aromatic N) is 2. The van der Waals surface area contributed by atoms with Gasteiger partial charge in [0.25, 0.3) is 5.91 Å². The molecule has 2 fully saturated rings. The van der Waals surface area contributed by atoms with Crippen molar-refractivity contribution in [3.63, 3.8) is 0 Å². The number of alkyl halides is 3. The van der Waals surface area contributed by atoms with Crippen LogP contribution in [0.2, 0.25) is 0 Å². The second kappa shape index (κ2) is 7.26. The van der Waals surface area contributed by atoms with Gasteiger partial charge in [0.05, 0.1) is 5.56 Å². The number of likely N-dealkylation sites (tertiary alicyclic amines) is 1. The summed E-state index contributed by atoms with van der Waals surface area (Å²) in [5.41, 5.74) is 4.85. The van der Waals surface area contributed by atoms with E-state index in [4.69, 9.17) is 5.73 Å². The van der Waals surface area contributed by atoms with E-state index in [1.165, 1.54) is 11.0 Å². The van der Waals surface area contributed by atoms with Gasteiger partial charge in [0.15, 0.2) is 0 Å². The third-order valence-electron chi connectivity index (χ3n) is 5.11. The van der Waals surface area contributed by atoms with Crippen LogP contribution in [0, 0.1) is 5.92 Å². The molecule has 1 aromatic rings. The number of hydrogen-bond acceptors (Lipinski definition) is 3. The topological polar surface area (TPSA) is 66.6 Å². The Morgan fingerprint density at radius 2 is 1.85 bits per heavy atom. The molecule has 2 N–H and O–H groups in total. The zero-order valence-corrected chi connectivity index (χ0v) is 14.4. The predicted molar refractivity (Wildman–Crippen MR) is 90.7 cm³/mol. The van der Waals surface area contributed by atoms with Crippen LogP contribution in [0.1, 0.15) is 41.6 Å². The summed E-state index contributed by atoms with van der Waals surface area (Å²) in [5, 5.41) is 0. The standard InChI is InChI=1S/C18H22F3N3O2/c19-18(20,21)14-8-13(9-15(10-14)24-5-1-2-16(24)25)17(26)23-6-3-12(11-22)4-7-23/h8-10,12H,1-7,11,22H2. The van der Waals surface area contributed by atoms with Gasteiger partial charge in [0.2, 0.25) is 5.91 Å². The van der Waals surface area contributed by atoms with Gasteiger partial charge in [-0.3, -0.25) is 9.59 Å². The van der Waals surface area contributed by atoms with Crippen LogP contribution in [0.3, 0.4) is 0 Å². The van der Waals surface area contributed by atoms with E-state index in [9.17, 15) is 22.8 Å². The van der Waals surface area contributed by atoms with Gasteiger partial charge < -0.3 is 15.5 Å². The molecule has 26 heavy (non-hydrogen) atoms. The van der Waals surface area contributed by atoms with Crippen LogP contribution < -0.4 is 10.6 Å². The Kier molecular flexibility index (Phi) is 5.22. The Morgan fingerprint density at radius 1 is 1.15 bits per heavy atom. The van der Waals surface area contributed by atoms with Crippen molar-refractivity contribution in [2.24, 2.45) is 11.7 Å². The van der Waals surface area contributed by atoms with E-state index in [0.717, 1.165) is 25.0 Å². The number of piperidine rings is 1. The minimum atomic E-state index is -4.58. The van der Waals surface area contributed by atoms with Crippen molar-refractivity contribution in [1.29, 1.82) is 0 Å². The third-order valence-corrected chi connectivity index (χ3v) is 5.11. The number of benzene rings is 1. The summed E-state index contributed by atoms with van der Waals surface area (Å²) in [7, 11) is 0. The lowest BCUT2D eigenvalue weighted by Crippen LogP contribution is -2.40. The number of anilines is 1. The van der Waals surface area contributed by atoms with Crippen LogP contribution in [-0.4, -0.2) is 42.9 Å². The predicted octanol–water partition coefficient (Wildman–Crippen LogP) is 2.64. The van der Waals surface area contributed by atoms with Crippen molar-refractivity contribution in [3.05, 3.63) is 29.3 Å². The first kappa shape index (κ1) is 18.7. The lowest BCUT2D eigenvalue weighted by Gasteiger charge is -2.31. The highest BCUT2D eigenvalue weighted by atomic mass is 19.4. The molecule has 0 spiro atoms. The minimum Gasteiger partial charge on any atom is -0.339 e. The molecule has 2 aliphatic rings. The van der Waals surface area contributed by atoms with E-state index in [2.05, 4.69) is 0 Å². The van der Waals surface area contributed by atoms with E-state index < -0.39 is 17.6 Å². The zero-order chi connectivity index (χ0) is 18.9. The molecule has 142 valence electrons. The van der Waals surface area contributed by atoms with E-state index in [-0.39, 0.29) is 17.2 Å². The first-order valence-corrected chi connectivity index (χ1v) is 8.81. The van der Waals surface area contributed by atoms with Gasteiger partial charge in [-0.25, -0.2) is 0 Å². The summed E-state index contributed by atoms with van der Waals surface area (Å²) in [5.74, 6) is -0.302. The number of carbonyl (C=O) groups excluding carboxylic acids is 2. The molecule has 8 heteroatoms. The summed E-state index contributed by atoms with van der Waals surface area (Å²) in [6.07, 6.45) is -2.17. The lowest BCUT2D eigenvalue weighted by molar-refractivity contribution is -0.137. The molecule has 0 aromatic heterocycles. The molecule has 5 nitrogen and oxygen atoms in total. The Hall–Kier alpha value is -2.09. The Labute approximate surface area is 149 Å². The monoisotopic (exact) mass is 369 g/mol. The number of rotatable bonds is 3. The van der Waals surface area contributed by atoms with Gasteiger partial charge in [0.1, 0.15) is 0 Å². The second-order valence-corrected chi connectivity index (χ2v) is 6.89. The highest BCUT2D eigenvalue weighted by Crippen LogP contribution is 2.34. The first-order chi connectivity index (χ1) is 12.3. The maximum Gasteiger partial charge on any atom is 0.416 e. The maximum absolute atomic E-state index is 13.3. The highest BCUT2D eigenvalue weighted by Gasteiger charge is 2.34. The molecule has 0 aliphatic carbocycles. The molecule has 3 rings (SSSR count). The van der Waals surface area contributed by atoms with Gasteiger partial charge >= 0.3 is 6.18 Å². The second-order valence-electron chi connectivity index (χ2n) is 6.89. The van der Waals surface area contributed by atoms with Crippen LogP contribution >= 0.6 is 0 Å². The van der Waals surface area contributed by atoms with Crippen LogP contribution in [0.5, 0.6) is 0 Å². The molecule has 2 heterocycles. The van der Waals surface area contributed by atoms with Crippen LogP contribution in [-0.2, 0) is 11.0 Å². The summed E-state index contributed by atoms with van der Waals surface area (Å²) in [6, 6.07) is 3.22. The fourth-order valence-corrected chi connectivity index (χ4v) is 3.53. The summed E-state index contributed by atoms with van der Waals surface area (Å²) in [6.45, 7) is 1.88. The molecule has 2 aliphatic heterocycles. The number of halogens is 3. The maximum atomic E-state index is 13.3. The largest absolute Gasteiger partial charge is 0.416 e. The molecular formula is C18H22F3N3O2. The summed E-state index contributed by atoms with van der Waals surface area (Å²) < 4.78 is 39.9. The van der Waals surface area contributed by atoms with Gasteiger partial charge in [-0.05, 0) is 49.9 Å². The van der Waals surface area contributed by atoms with Crippen molar-refractivity contribution >= 4 is 17.5 Å². The number of amides is 2. The van der Waals surface area contributed by atoms with Gasteiger partial charge in [-0.1, -0.05) is 0 Å². The molecule has 0 saturated carbocycles. The molecule has 2 saturated heterocycles. The Morgan fingerprint density at radius 3 is 2.38 bits per heavy atom. The van der Waals surface area contributed by atoms with E-state index in [1.807, 2.05) is 0 Å². The average molecular weight is 369 g/mol. The molecule has 0 unspecified atom stereocenters. The molecule has 2 amide bonds. The molecule has 1 aromatic carbocycles. The highest BCUT2D eigenvalue weighted by molar-refractivity contribution is 5.99. The number of hydrogen-bond donors (Lipinski definition) is 1. The Balaban J connectivity index is 1.90. The normalized spacial score (nSPS) is 19.3. The van der Waals surface area contributed by atoms with E-state index in [1.54, 1.807) is 4.90 Å². The van der Waals surface area contributed by atoms with Crippen molar-refractivity contribution in [2.75, 3.05) is 31.1 Å². The van der Waals surface area contributed by atoms with Gasteiger partial charge in [-0.15, -0.1) is 0 Å². The van der Waals surface area contributed by atoms with Crippen LogP contribution in [0.4, 0.5) is 18.9 Å². The Bertz CT molecular complexity index is 697. The van der Waals surface area contributed by atoms with Crippen LogP contribution in [0.25, 0.3) is 0 Å².